The Hall–Kier alpha value is -1.20. The third-order valence-corrected chi connectivity index (χ3v) is 2.36. The van der Waals surface area contributed by atoms with Gasteiger partial charge in [0.25, 0.3) is 0 Å². The molecule has 5 heteroatoms. The summed E-state index contributed by atoms with van der Waals surface area (Å²) in [7, 11) is 1.97. The highest BCUT2D eigenvalue weighted by Gasteiger charge is 2.02. The van der Waals surface area contributed by atoms with Crippen LogP contribution < -0.4 is 5.32 Å². The summed E-state index contributed by atoms with van der Waals surface area (Å²) in [6.45, 7) is 8.58. The molecule has 1 aromatic heterocycles. The Labute approximate surface area is 96.5 Å². The van der Waals surface area contributed by atoms with Gasteiger partial charge < -0.3 is 14.6 Å². The highest BCUT2D eigenvalue weighted by atomic mass is 16.5. The van der Waals surface area contributed by atoms with Crippen molar-refractivity contribution in [2.75, 3.05) is 19.8 Å². The van der Waals surface area contributed by atoms with E-state index in [2.05, 4.69) is 22.1 Å². The summed E-state index contributed by atoms with van der Waals surface area (Å²) in [5, 5.41) is 11.3. The maximum absolute atomic E-state index is 5.37. The van der Waals surface area contributed by atoms with E-state index >= 15 is 0 Å². The zero-order chi connectivity index (χ0) is 11.8. The van der Waals surface area contributed by atoms with Crippen LogP contribution in [0, 0.1) is 6.92 Å². The molecule has 0 amide bonds. The molecule has 0 aromatic carbocycles. The fourth-order valence-electron chi connectivity index (χ4n) is 1.22. The predicted molar refractivity (Wildman–Crippen MR) is 63.1 cm³/mol. The van der Waals surface area contributed by atoms with Gasteiger partial charge in [-0.15, -0.1) is 16.8 Å². The van der Waals surface area contributed by atoms with Crippen molar-refractivity contribution in [2.24, 2.45) is 7.05 Å². The molecule has 1 heterocycles. The minimum atomic E-state index is 0.713. The van der Waals surface area contributed by atoms with Crippen molar-refractivity contribution in [2.45, 2.75) is 19.9 Å². The molecule has 5 nitrogen and oxygen atoms in total. The average Bonchev–Trinajstić information content (AvgIpc) is 2.59. The molecule has 0 saturated carbocycles. The largest absolute Gasteiger partial charge is 0.380 e. The summed E-state index contributed by atoms with van der Waals surface area (Å²) in [6, 6.07) is 0. The van der Waals surface area contributed by atoms with E-state index in [0.717, 1.165) is 37.8 Å². The van der Waals surface area contributed by atoms with Crippen molar-refractivity contribution in [3.05, 3.63) is 24.3 Å². The molecular formula is C11H20N4O. The van der Waals surface area contributed by atoms with Gasteiger partial charge in [-0.05, 0) is 13.3 Å². The van der Waals surface area contributed by atoms with E-state index < -0.39 is 0 Å². The van der Waals surface area contributed by atoms with Crippen LogP contribution in [0.4, 0.5) is 0 Å². The first-order valence-corrected chi connectivity index (χ1v) is 5.50. The Bertz CT molecular complexity index is 322. The normalized spacial score (nSPS) is 10.6. The Morgan fingerprint density at radius 2 is 2.25 bits per heavy atom. The maximum Gasteiger partial charge on any atom is 0.146 e. The van der Waals surface area contributed by atoms with Crippen molar-refractivity contribution in [1.82, 2.24) is 20.1 Å². The van der Waals surface area contributed by atoms with Gasteiger partial charge in [0.15, 0.2) is 0 Å². The third-order valence-electron chi connectivity index (χ3n) is 2.36. The van der Waals surface area contributed by atoms with E-state index in [-0.39, 0.29) is 0 Å². The number of hydrogen-bond acceptors (Lipinski definition) is 4. The molecule has 0 fully saturated rings. The number of nitrogens with one attached hydrogen (secondary N) is 1. The van der Waals surface area contributed by atoms with Crippen LogP contribution in [0.2, 0.25) is 0 Å². The molecule has 1 N–H and O–H groups in total. The van der Waals surface area contributed by atoms with E-state index in [9.17, 15) is 0 Å². The van der Waals surface area contributed by atoms with Gasteiger partial charge in [-0.25, -0.2) is 0 Å². The number of aryl methyl sites for hydroxylation is 1. The minimum absolute atomic E-state index is 0.713. The average molecular weight is 224 g/mol. The quantitative estimate of drug-likeness (QED) is 0.524. The van der Waals surface area contributed by atoms with E-state index in [0.29, 0.717) is 6.61 Å². The molecule has 1 aromatic rings. The summed E-state index contributed by atoms with van der Waals surface area (Å²) >= 11 is 0. The second-order valence-corrected chi connectivity index (χ2v) is 3.59. The lowest BCUT2D eigenvalue weighted by molar-refractivity contribution is 0.140. The van der Waals surface area contributed by atoms with E-state index in [1.54, 1.807) is 0 Å². The second-order valence-electron chi connectivity index (χ2n) is 3.59. The second kappa shape index (κ2) is 7.14. The van der Waals surface area contributed by atoms with E-state index in [1.807, 2.05) is 24.6 Å². The molecule has 0 atom stereocenters. The highest BCUT2D eigenvalue weighted by Crippen LogP contribution is 1.95. The maximum atomic E-state index is 5.37. The number of ether oxygens (including phenoxy) is 1. The van der Waals surface area contributed by atoms with Gasteiger partial charge in [0.1, 0.15) is 11.6 Å². The van der Waals surface area contributed by atoms with Crippen LogP contribution in [0.3, 0.4) is 0 Å². The Morgan fingerprint density at radius 3 is 2.88 bits per heavy atom. The standard InChI is InChI=1S/C11H20N4O/c1-4-5-7-16-8-6-12-9-11-14-13-10(2)15(11)3/h4,12H,1,5-9H2,2-3H3. The van der Waals surface area contributed by atoms with Crippen molar-refractivity contribution >= 4 is 0 Å². The van der Waals surface area contributed by atoms with Gasteiger partial charge in [-0.3, -0.25) is 0 Å². The van der Waals surface area contributed by atoms with Crippen LogP contribution in [-0.2, 0) is 18.3 Å². The topological polar surface area (TPSA) is 52.0 Å². The minimum Gasteiger partial charge on any atom is -0.380 e. The van der Waals surface area contributed by atoms with Crippen molar-refractivity contribution < 1.29 is 4.74 Å². The zero-order valence-electron chi connectivity index (χ0n) is 10.1. The van der Waals surface area contributed by atoms with Crippen LogP contribution in [0.5, 0.6) is 0 Å². The molecule has 0 aliphatic rings. The predicted octanol–water partition coefficient (Wildman–Crippen LogP) is 0.806. The van der Waals surface area contributed by atoms with Gasteiger partial charge in [-0.2, -0.15) is 0 Å². The molecule has 1 rings (SSSR count). The van der Waals surface area contributed by atoms with Crippen LogP contribution >= 0.6 is 0 Å². The van der Waals surface area contributed by atoms with E-state index in [1.165, 1.54) is 0 Å². The molecular weight excluding hydrogens is 204 g/mol. The molecule has 16 heavy (non-hydrogen) atoms. The Morgan fingerprint density at radius 1 is 1.44 bits per heavy atom. The lowest BCUT2D eigenvalue weighted by Crippen LogP contribution is -2.21. The molecule has 0 bridgehead atoms. The molecule has 0 radical (unpaired) electrons. The molecule has 0 unspecified atom stereocenters. The van der Waals surface area contributed by atoms with Crippen LogP contribution in [0.25, 0.3) is 0 Å². The van der Waals surface area contributed by atoms with Crippen molar-refractivity contribution in [1.29, 1.82) is 0 Å². The van der Waals surface area contributed by atoms with Crippen LogP contribution in [0.1, 0.15) is 18.1 Å². The first-order valence-electron chi connectivity index (χ1n) is 5.50. The molecule has 0 spiro atoms. The lowest BCUT2D eigenvalue weighted by Gasteiger charge is -2.05. The number of rotatable bonds is 8. The van der Waals surface area contributed by atoms with Crippen LogP contribution in [0.15, 0.2) is 12.7 Å². The van der Waals surface area contributed by atoms with Crippen LogP contribution in [-0.4, -0.2) is 34.5 Å². The Balaban J connectivity index is 2.07. The fourth-order valence-corrected chi connectivity index (χ4v) is 1.22. The monoisotopic (exact) mass is 224 g/mol. The highest BCUT2D eigenvalue weighted by molar-refractivity contribution is 4.91. The Kier molecular flexibility index (Phi) is 5.74. The summed E-state index contributed by atoms with van der Waals surface area (Å²) in [4.78, 5) is 0. The van der Waals surface area contributed by atoms with Gasteiger partial charge in [0.2, 0.25) is 0 Å². The third kappa shape index (κ3) is 4.12. The fraction of sp³-hybridized carbons (Fsp3) is 0.636. The molecule has 0 saturated heterocycles. The summed E-state index contributed by atoms with van der Waals surface area (Å²) in [6.07, 6.45) is 2.76. The van der Waals surface area contributed by atoms with Gasteiger partial charge >= 0.3 is 0 Å². The van der Waals surface area contributed by atoms with E-state index in [4.69, 9.17) is 4.74 Å². The smallest absolute Gasteiger partial charge is 0.146 e. The SMILES string of the molecule is C=CCCOCCNCc1nnc(C)n1C. The summed E-state index contributed by atoms with van der Waals surface area (Å²) in [5.74, 6) is 1.88. The number of aromatic nitrogens is 3. The summed E-state index contributed by atoms with van der Waals surface area (Å²) < 4.78 is 7.35. The zero-order valence-corrected chi connectivity index (χ0v) is 10.1. The summed E-state index contributed by atoms with van der Waals surface area (Å²) in [5.41, 5.74) is 0. The van der Waals surface area contributed by atoms with Gasteiger partial charge in [-0.1, -0.05) is 6.08 Å². The number of hydrogen-bond donors (Lipinski definition) is 1. The van der Waals surface area contributed by atoms with Crippen molar-refractivity contribution in [3.8, 4) is 0 Å². The first-order chi connectivity index (χ1) is 7.75. The molecule has 90 valence electrons. The number of nitrogens with zero attached hydrogens (tertiary/aromatic N) is 3. The first kappa shape index (κ1) is 12.9. The van der Waals surface area contributed by atoms with Gasteiger partial charge in [0, 0.05) is 13.6 Å². The molecule has 0 aliphatic heterocycles. The molecule has 0 aliphatic carbocycles. The van der Waals surface area contributed by atoms with Crippen molar-refractivity contribution in [3.63, 3.8) is 0 Å². The lowest BCUT2D eigenvalue weighted by atomic mass is 10.4. The van der Waals surface area contributed by atoms with Gasteiger partial charge in [0.05, 0.1) is 19.8 Å².